The molecule has 0 bridgehead atoms. The van der Waals surface area contributed by atoms with Crippen molar-refractivity contribution in [2.75, 3.05) is 38.2 Å². The number of rotatable bonds is 3. The molecule has 2 heterocycles. The van der Waals surface area contributed by atoms with Crippen LogP contribution in [0.3, 0.4) is 0 Å². The van der Waals surface area contributed by atoms with Crippen molar-refractivity contribution < 1.29 is 4.74 Å². The minimum absolute atomic E-state index is 0.249. The van der Waals surface area contributed by atoms with Crippen molar-refractivity contribution in [2.45, 2.75) is 6.10 Å². The molecular weight excluding hydrogens is 192 g/mol. The first-order valence-corrected chi connectivity index (χ1v) is 5.17. The lowest BCUT2D eigenvalue weighted by molar-refractivity contribution is 0.0419. The number of nitrogens with zero attached hydrogens (tertiary/aromatic N) is 3. The Balaban J connectivity index is 1.98. The van der Waals surface area contributed by atoms with Crippen LogP contribution in [0, 0.1) is 0 Å². The van der Waals surface area contributed by atoms with Gasteiger partial charge < -0.3 is 15.0 Å². The second-order valence-corrected chi connectivity index (χ2v) is 3.56. The number of hydrogen-bond acceptors (Lipinski definition) is 5. The van der Waals surface area contributed by atoms with Crippen molar-refractivity contribution in [3.05, 3.63) is 18.6 Å². The zero-order valence-corrected chi connectivity index (χ0v) is 8.89. The van der Waals surface area contributed by atoms with Gasteiger partial charge in [-0.25, -0.2) is 9.97 Å². The molecule has 1 unspecified atom stereocenters. The van der Waals surface area contributed by atoms with Gasteiger partial charge in [0.15, 0.2) is 0 Å². The van der Waals surface area contributed by atoms with Crippen molar-refractivity contribution in [3.8, 4) is 0 Å². The predicted octanol–water partition coefficient (Wildman–Crippen LogP) is -0.0988. The van der Waals surface area contributed by atoms with Crippen molar-refractivity contribution >= 4 is 5.82 Å². The third-order valence-electron chi connectivity index (χ3n) is 2.46. The first kappa shape index (κ1) is 10.3. The van der Waals surface area contributed by atoms with Crippen molar-refractivity contribution in [1.29, 1.82) is 0 Å². The number of likely N-dealkylation sites (N-methyl/N-ethyl adjacent to an activating group) is 1. The molecule has 5 heteroatoms. The molecule has 1 aromatic rings. The van der Waals surface area contributed by atoms with E-state index in [1.54, 1.807) is 12.5 Å². The van der Waals surface area contributed by atoms with Gasteiger partial charge in [-0.05, 0) is 13.1 Å². The molecule has 1 aromatic heterocycles. The molecule has 1 aliphatic rings. The third kappa shape index (κ3) is 2.64. The normalized spacial score (nSPS) is 21.7. The number of hydrogen-bond donors (Lipinski definition) is 1. The molecule has 0 amide bonds. The highest BCUT2D eigenvalue weighted by atomic mass is 16.5. The molecule has 82 valence electrons. The van der Waals surface area contributed by atoms with Gasteiger partial charge >= 0.3 is 0 Å². The molecule has 0 spiro atoms. The molecule has 1 saturated heterocycles. The van der Waals surface area contributed by atoms with E-state index in [1.807, 2.05) is 13.1 Å². The molecule has 15 heavy (non-hydrogen) atoms. The highest BCUT2D eigenvalue weighted by molar-refractivity contribution is 5.37. The Labute approximate surface area is 89.5 Å². The molecule has 0 aliphatic carbocycles. The van der Waals surface area contributed by atoms with E-state index in [1.165, 1.54) is 0 Å². The highest BCUT2D eigenvalue weighted by Crippen LogP contribution is 2.13. The van der Waals surface area contributed by atoms with Crippen LogP contribution < -0.4 is 10.2 Å². The topological polar surface area (TPSA) is 50.3 Å². The van der Waals surface area contributed by atoms with Crippen LogP contribution in [0.2, 0.25) is 0 Å². The molecule has 0 radical (unpaired) electrons. The molecule has 1 N–H and O–H groups in total. The van der Waals surface area contributed by atoms with Crippen LogP contribution in [0.15, 0.2) is 18.6 Å². The van der Waals surface area contributed by atoms with Crippen LogP contribution in [-0.2, 0) is 4.74 Å². The van der Waals surface area contributed by atoms with Crippen LogP contribution in [-0.4, -0.2) is 49.4 Å². The summed E-state index contributed by atoms with van der Waals surface area (Å²) in [6, 6.07) is 1.93. The maximum atomic E-state index is 5.62. The second kappa shape index (κ2) is 5.04. The Morgan fingerprint density at radius 2 is 2.60 bits per heavy atom. The van der Waals surface area contributed by atoms with Gasteiger partial charge in [-0.2, -0.15) is 0 Å². The lowest BCUT2D eigenvalue weighted by Gasteiger charge is -2.33. The van der Waals surface area contributed by atoms with Crippen LogP contribution in [0.5, 0.6) is 0 Å². The minimum atomic E-state index is 0.249. The summed E-state index contributed by atoms with van der Waals surface area (Å²) in [5.74, 6) is 0.981. The van der Waals surface area contributed by atoms with E-state index in [9.17, 15) is 0 Å². The van der Waals surface area contributed by atoms with Gasteiger partial charge in [-0.15, -0.1) is 0 Å². The monoisotopic (exact) mass is 208 g/mol. The predicted molar refractivity (Wildman–Crippen MR) is 57.9 cm³/mol. The van der Waals surface area contributed by atoms with Gasteiger partial charge in [0.25, 0.3) is 0 Å². The third-order valence-corrected chi connectivity index (χ3v) is 2.46. The quantitative estimate of drug-likeness (QED) is 0.752. The van der Waals surface area contributed by atoms with E-state index in [2.05, 4.69) is 20.2 Å². The van der Waals surface area contributed by atoms with Gasteiger partial charge in [-0.1, -0.05) is 0 Å². The largest absolute Gasteiger partial charge is 0.373 e. The average molecular weight is 208 g/mol. The zero-order valence-electron chi connectivity index (χ0n) is 8.89. The minimum Gasteiger partial charge on any atom is -0.373 e. The number of morpholine rings is 1. The van der Waals surface area contributed by atoms with E-state index >= 15 is 0 Å². The smallest absolute Gasteiger partial charge is 0.132 e. The molecule has 1 atom stereocenters. The van der Waals surface area contributed by atoms with E-state index in [0.29, 0.717) is 0 Å². The van der Waals surface area contributed by atoms with Crippen LogP contribution in [0.4, 0.5) is 5.82 Å². The van der Waals surface area contributed by atoms with Crippen molar-refractivity contribution in [3.63, 3.8) is 0 Å². The number of nitrogens with one attached hydrogen (secondary N) is 1. The maximum Gasteiger partial charge on any atom is 0.132 e. The summed E-state index contributed by atoms with van der Waals surface area (Å²) in [6.45, 7) is 3.42. The Bertz CT molecular complexity index is 291. The molecule has 5 nitrogen and oxygen atoms in total. The van der Waals surface area contributed by atoms with Gasteiger partial charge in [0.2, 0.25) is 0 Å². The SMILES string of the molecule is CNCC1CN(c2ccncn2)CCO1. The lowest BCUT2D eigenvalue weighted by atomic mass is 10.2. The first-order chi connectivity index (χ1) is 7.40. The Hall–Kier alpha value is -1.20. The Morgan fingerprint density at radius 3 is 3.33 bits per heavy atom. The molecule has 1 fully saturated rings. The summed E-state index contributed by atoms with van der Waals surface area (Å²) >= 11 is 0. The fourth-order valence-corrected chi connectivity index (χ4v) is 1.75. The molecular formula is C10H16N4O. The summed E-state index contributed by atoms with van der Waals surface area (Å²) in [4.78, 5) is 10.4. The van der Waals surface area contributed by atoms with Crippen LogP contribution >= 0.6 is 0 Å². The maximum absolute atomic E-state index is 5.62. The first-order valence-electron chi connectivity index (χ1n) is 5.17. The van der Waals surface area contributed by atoms with Crippen molar-refractivity contribution in [1.82, 2.24) is 15.3 Å². The van der Waals surface area contributed by atoms with Crippen molar-refractivity contribution in [2.24, 2.45) is 0 Å². The average Bonchev–Trinajstić information content (AvgIpc) is 2.31. The number of ether oxygens (including phenoxy) is 1. The standard InChI is InChI=1S/C10H16N4O/c1-11-6-9-7-14(4-5-15-9)10-2-3-12-8-13-10/h2-3,8-9,11H,4-7H2,1H3. The number of aromatic nitrogens is 2. The fourth-order valence-electron chi connectivity index (χ4n) is 1.75. The fraction of sp³-hybridized carbons (Fsp3) is 0.600. The molecule has 1 aliphatic heterocycles. The molecule has 0 aromatic carbocycles. The summed E-state index contributed by atoms with van der Waals surface area (Å²) in [6.07, 6.45) is 3.60. The van der Waals surface area contributed by atoms with Gasteiger partial charge in [-0.3, -0.25) is 0 Å². The highest BCUT2D eigenvalue weighted by Gasteiger charge is 2.20. The van der Waals surface area contributed by atoms with E-state index in [0.717, 1.165) is 32.1 Å². The lowest BCUT2D eigenvalue weighted by Crippen LogP contribution is -2.46. The Kier molecular flexibility index (Phi) is 3.47. The van der Waals surface area contributed by atoms with Crippen LogP contribution in [0.1, 0.15) is 0 Å². The second-order valence-electron chi connectivity index (χ2n) is 3.56. The van der Waals surface area contributed by atoms with Gasteiger partial charge in [0.05, 0.1) is 12.7 Å². The summed E-state index contributed by atoms with van der Waals surface area (Å²) < 4.78 is 5.62. The van der Waals surface area contributed by atoms with Crippen LogP contribution in [0.25, 0.3) is 0 Å². The molecule has 0 saturated carbocycles. The van der Waals surface area contributed by atoms with E-state index in [4.69, 9.17) is 4.74 Å². The van der Waals surface area contributed by atoms with Gasteiger partial charge in [0.1, 0.15) is 12.1 Å². The van der Waals surface area contributed by atoms with E-state index in [-0.39, 0.29) is 6.10 Å². The summed E-state index contributed by atoms with van der Waals surface area (Å²) in [7, 11) is 1.94. The zero-order chi connectivity index (χ0) is 10.5. The number of anilines is 1. The van der Waals surface area contributed by atoms with E-state index < -0.39 is 0 Å². The van der Waals surface area contributed by atoms with Gasteiger partial charge in [0, 0.05) is 25.8 Å². The summed E-state index contributed by atoms with van der Waals surface area (Å²) in [5.41, 5.74) is 0. The Morgan fingerprint density at radius 1 is 1.67 bits per heavy atom. The molecule has 2 rings (SSSR count). The summed E-state index contributed by atoms with van der Waals surface area (Å²) in [5, 5.41) is 3.13.